The Morgan fingerprint density at radius 3 is 2.61 bits per heavy atom. The van der Waals surface area contributed by atoms with Gasteiger partial charge in [-0.3, -0.25) is 0 Å². The molecule has 0 radical (unpaired) electrons. The largest absolute Gasteiger partial charge is 0.368 e. The molecule has 0 bridgehead atoms. The summed E-state index contributed by atoms with van der Waals surface area (Å²) in [5, 5.41) is 0.772. The lowest BCUT2D eigenvalue weighted by Gasteiger charge is -2.27. The van der Waals surface area contributed by atoms with Gasteiger partial charge in [-0.1, -0.05) is 25.4 Å². The van der Waals surface area contributed by atoms with Crippen LogP contribution in [-0.2, 0) is 5.88 Å². The molecular formula is C15H21Cl2N. The molecule has 0 aliphatic heterocycles. The molecule has 3 heteroatoms. The van der Waals surface area contributed by atoms with E-state index in [9.17, 15) is 0 Å². The maximum Gasteiger partial charge on any atom is 0.0495 e. The van der Waals surface area contributed by atoms with Crippen molar-refractivity contribution in [1.29, 1.82) is 0 Å². The number of nitrogens with zero attached hydrogens (tertiary/aromatic N) is 1. The third-order valence-electron chi connectivity index (χ3n) is 3.43. The quantitative estimate of drug-likeness (QED) is 0.658. The number of hydrogen-bond donors (Lipinski definition) is 0. The summed E-state index contributed by atoms with van der Waals surface area (Å²) in [4.78, 5) is 2.52. The van der Waals surface area contributed by atoms with E-state index in [0.29, 0.717) is 11.9 Å². The summed E-state index contributed by atoms with van der Waals surface area (Å²) in [6, 6.07) is 6.80. The van der Waals surface area contributed by atoms with Gasteiger partial charge < -0.3 is 4.90 Å². The molecule has 0 spiro atoms. The zero-order valence-corrected chi connectivity index (χ0v) is 12.6. The second-order valence-corrected chi connectivity index (χ2v) is 6.22. The highest BCUT2D eigenvalue weighted by atomic mass is 35.5. The minimum absolute atomic E-state index is 0.529. The van der Waals surface area contributed by atoms with E-state index in [-0.39, 0.29) is 0 Å². The first-order valence-electron chi connectivity index (χ1n) is 6.73. The Morgan fingerprint density at radius 2 is 2.06 bits per heavy atom. The van der Waals surface area contributed by atoms with Crippen molar-refractivity contribution in [1.82, 2.24) is 0 Å². The zero-order chi connectivity index (χ0) is 13.1. The van der Waals surface area contributed by atoms with Crippen LogP contribution < -0.4 is 4.90 Å². The molecule has 1 aromatic rings. The Labute approximate surface area is 120 Å². The molecular weight excluding hydrogens is 265 g/mol. The Kier molecular flexibility index (Phi) is 4.80. The van der Waals surface area contributed by atoms with Crippen molar-refractivity contribution < 1.29 is 0 Å². The minimum atomic E-state index is 0.529. The van der Waals surface area contributed by atoms with E-state index >= 15 is 0 Å². The average molecular weight is 286 g/mol. The lowest BCUT2D eigenvalue weighted by molar-refractivity contribution is 0.570. The topological polar surface area (TPSA) is 3.24 Å². The van der Waals surface area contributed by atoms with Gasteiger partial charge in [0.05, 0.1) is 0 Å². The highest BCUT2D eigenvalue weighted by Gasteiger charge is 2.30. The Balaban J connectivity index is 2.19. The summed E-state index contributed by atoms with van der Waals surface area (Å²) in [6.07, 6.45) is 3.84. The number of hydrogen-bond acceptors (Lipinski definition) is 1. The monoisotopic (exact) mass is 285 g/mol. The Bertz CT molecular complexity index is 399. The second-order valence-electron chi connectivity index (χ2n) is 5.51. The number of halogens is 2. The molecule has 0 N–H and O–H groups in total. The van der Waals surface area contributed by atoms with Crippen molar-refractivity contribution in [2.24, 2.45) is 5.92 Å². The molecule has 1 nitrogen and oxygen atoms in total. The summed E-state index contributed by atoms with van der Waals surface area (Å²) in [5.41, 5.74) is 2.43. The second kappa shape index (κ2) is 6.16. The summed E-state index contributed by atoms with van der Waals surface area (Å²) < 4.78 is 0. The first kappa shape index (κ1) is 14.0. The van der Waals surface area contributed by atoms with Crippen LogP contribution in [0.5, 0.6) is 0 Å². The zero-order valence-electron chi connectivity index (χ0n) is 11.1. The maximum atomic E-state index is 6.05. The highest BCUT2D eigenvalue weighted by molar-refractivity contribution is 6.30. The predicted molar refractivity (Wildman–Crippen MR) is 80.8 cm³/mol. The third kappa shape index (κ3) is 3.55. The molecule has 0 aromatic heterocycles. The number of alkyl halides is 1. The molecule has 1 aliphatic carbocycles. The van der Waals surface area contributed by atoms with Crippen molar-refractivity contribution in [2.75, 3.05) is 11.4 Å². The van der Waals surface area contributed by atoms with E-state index in [2.05, 4.69) is 24.8 Å². The van der Waals surface area contributed by atoms with E-state index < -0.39 is 0 Å². The molecule has 1 fully saturated rings. The molecule has 100 valence electrons. The van der Waals surface area contributed by atoms with Gasteiger partial charge in [-0.15, -0.1) is 11.6 Å². The van der Waals surface area contributed by atoms with Crippen LogP contribution in [0.3, 0.4) is 0 Å². The van der Waals surface area contributed by atoms with E-state index in [1.165, 1.54) is 24.9 Å². The van der Waals surface area contributed by atoms with Gasteiger partial charge in [-0.25, -0.2) is 0 Å². The molecule has 1 saturated carbocycles. The lowest BCUT2D eigenvalue weighted by Crippen LogP contribution is -2.28. The van der Waals surface area contributed by atoms with Gasteiger partial charge in [0.2, 0.25) is 0 Å². The minimum Gasteiger partial charge on any atom is -0.368 e. The van der Waals surface area contributed by atoms with Gasteiger partial charge in [-0.2, -0.15) is 0 Å². The van der Waals surface area contributed by atoms with E-state index in [4.69, 9.17) is 23.2 Å². The van der Waals surface area contributed by atoms with Gasteiger partial charge in [0.25, 0.3) is 0 Å². The normalized spacial score (nSPS) is 15.2. The van der Waals surface area contributed by atoms with E-state index in [0.717, 1.165) is 23.0 Å². The smallest absolute Gasteiger partial charge is 0.0495 e. The fourth-order valence-electron chi connectivity index (χ4n) is 2.22. The van der Waals surface area contributed by atoms with E-state index in [1.54, 1.807) is 0 Å². The van der Waals surface area contributed by atoms with Gasteiger partial charge in [0.1, 0.15) is 0 Å². The van der Waals surface area contributed by atoms with Gasteiger partial charge in [0, 0.05) is 29.2 Å². The van der Waals surface area contributed by atoms with E-state index in [1.807, 2.05) is 12.1 Å². The van der Waals surface area contributed by atoms with Crippen molar-refractivity contribution in [2.45, 2.75) is 45.0 Å². The molecule has 18 heavy (non-hydrogen) atoms. The Morgan fingerprint density at radius 1 is 1.33 bits per heavy atom. The van der Waals surface area contributed by atoms with Crippen LogP contribution in [0.4, 0.5) is 5.69 Å². The molecule has 0 unspecified atom stereocenters. The lowest BCUT2D eigenvalue weighted by atomic mass is 10.1. The molecule has 1 aliphatic rings. The highest BCUT2D eigenvalue weighted by Crippen LogP contribution is 2.35. The number of anilines is 1. The molecule has 0 amide bonds. The standard InChI is InChI=1S/C15H21Cl2N/c1-11(2)7-8-18(14-4-5-14)15-6-3-13(17)9-12(15)10-16/h3,6,9,11,14H,4-5,7-8,10H2,1-2H3. The molecule has 1 aromatic carbocycles. The van der Waals surface area contributed by atoms with Crippen LogP contribution in [-0.4, -0.2) is 12.6 Å². The number of rotatable bonds is 6. The molecule has 0 heterocycles. The Hall–Kier alpha value is -0.400. The first-order chi connectivity index (χ1) is 8.61. The van der Waals surface area contributed by atoms with Gasteiger partial charge >= 0.3 is 0 Å². The maximum absolute atomic E-state index is 6.05. The van der Waals surface area contributed by atoms with Crippen LogP contribution in [0, 0.1) is 5.92 Å². The first-order valence-corrected chi connectivity index (χ1v) is 7.64. The van der Waals surface area contributed by atoms with Crippen LogP contribution >= 0.6 is 23.2 Å². The summed E-state index contributed by atoms with van der Waals surface area (Å²) in [5.74, 6) is 1.26. The summed E-state index contributed by atoms with van der Waals surface area (Å²) in [7, 11) is 0. The van der Waals surface area contributed by atoms with Crippen LogP contribution in [0.25, 0.3) is 0 Å². The van der Waals surface area contributed by atoms with Crippen LogP contribution in [0.15, 0.2) is 18.2 Å². The van der Waals surface area contributed by atoms with Crippen molar-refractivity contribution >= 4 is 28.9 Å². The van der Waals surface area contributed by atoms with Gasteiger partial charge in [0.15, 0.2) is 0 Å². The third-order valence-corrected chi connectivity index (χ3v) is 3.95. The fourth-order valence-corrected chi connectivity index (χ4v) is 2.63. The molecule has 0 saturated heterocycles. The summed E-state index contributed by atoms with van der Waals surface area (Å²) >= 11 is 12.1. The SMILES string of the molecule is CC(C)CCN(c1ccc(Cl)cc1CCl)C1CC1. The summed E-state index contributed by atoms with van der Waals surface area (Å²) in [6.45, 7) is 5.67. The van der Waals surface area contributed by atoms with Gasteiger partial charge in [-0.05, 0) is 48.9 Å². The van der Waals surface area contributed by atoms with Crippen LogP contribution in [0.2, 0.25) is 5.02 Å². The fraction of sp³-hybridized carbons (Fsp3) is 0.600. The predicted octanol–water partition coefficient (Wildman–Crippen LogP) is 5.09. The van der Waals surface area contributed by atoms with Crippen LogP contribution in [0.1, 0.15) is 38.7 Å². The van der Waals surface area contributed by atoms with Crippen molar-refractivity contribution in [3.8, 4) is 0 Å². The van der Waals surface area contributed by atoms with Crippen molar-refractivity contribution in [3.05, 3.63) is 28.8 Å². The number of benzene rings is 1. The van der Waals surface area contributed by atoms with Crippen molar-refractivity contribution in [3.63, 3.8) is 0 Å². The molecule has 2 rings (SSSR count). The average Bonchev–Trinajstić information content (AvgIpc) is 3.15. The molecule has 0 atom stereocenters.